The van der Waals surface area contributed by atoms with Crippen LogP contribution in [-0.4, -0.2) is 38.4 Å². The second kappa shape index (κ2) is 5.01. The molecular formula is C11H20N4O3. The summed E-state index contributed by atoms with van der Waals surface area (Å²) in [6.45, 7) is 7.16. The van der Waals surface area contributed by atoms with E-state index in [1.54, 1.807) is 21.0 Å². The zero-order valence-corrected chi connectivity index (χ0v) is 11.5. The van der Waals surface area contributed by atoms with E-state index in [0.29, 0.717) is 18.7 Å². The van der Waals surface area contributed by atoms with E-state index >= 15 is 0 Å². The maximum atomic E-state index is 11.4. The van der Waals surface area contributed by atoms with Crippen molar-refractivity contribution < 1.29 is 14.6 Å². The molecule has 0 bridgehead atoms. The van der Waals surface area contributed by atoms with Gasteiger partial charge in [-0.05, 0) is 37.1 Å². The van der Waals surface area contributed by atoms with Crippen molar-refractivity contribution >= 4 is 5.97 Å². The largest absolute Gasteiger partial charge is 0.479 e. The molecule has 0 aromatic carbocycles. The van der Waals surface area contributed by atoms with Crippen LogP contribution < -0.4 is 0 Å². The molecule has 1 rings (SSSR count). The summed E-state index contributed by atoms with van der Waals surface area (Å²) < 4.78 is 6.78. The minimum Gasteiger partial charge on any atom is -0.479 e. The SMILES string of the molecule is CCC(C)(OC)c1nnnn1C(C)(CC)C(=O)O. The van der Waals surface area contributed by atoms with Gasteiger partial charge in [0.05, 0.1) is 0 Å². The highest BCUT2D eigenvalue weighted by atomic mass is 16.5. The number of hydrogen-bond acceptors (Lipinski definition) is 5. The highest BCUT2D eigenvalue weighted by molar-refractivity contribution is 5.76. The van der Waals surface area contributed by atoms with Gasteiger partial charge in [-0.25, -0.2) is 9.48 Å². The van der Waals surface area contributed by atoms with Gasteiger partial charge in [0.2, 0.25) is 0 Å². The first kappa shape index (κ1) is 14.6. The lowest BCUT2D eigenvalue weighted by molar-refractivity contribution is -0.148. The van der Waals surface area contributed by atoms with Crippen LogP contribution in [-0.2, 0) is 20.7 Å². The molecule has 0 radical (unpaired) electrons. The maximum absolute atomic E-state index is 11.4. The molecule has 2 atom stereocenters. The zero-order valence-electron chi connectivity index (χ0n) is 11.5. The Labute approximate surface area is 106 Å². The third-order valence-electron chi connectivity index (χ3n) is 3.68. The van der Waals surface area contributed by atoms with E-state index in [9.17, 15) is 9.90 Å². The molecule has 1 aromatic heterocycles. The molecule has 7 nitrogen and oxygen atoms in total. The van der Waals surface area contributed by atoms with Crippen LogP contribution in [0.15, 0.2) is 0 Å². The average Bonchev–Trinajstić information content (AvgIpc) is 2.86. The number of aliphatic carboxylic acids is 1. The second-order valence-corrected chi connectivity index (χ2v) is 4.64. The van der Waals surface area contributed by atoms with Crippen LogP contribution in [0.4, 0.5) is 0 Å². The number of carboxylic acid groups (broad SMARTS) is 1. The van der Waals surface area contributed by atoms with Gasteiger partial charge in [-0.15, -0.1) is 5.10 Å². The number of carboxylic acids is 1. The topological polar surface area (TPSA) is 90.1 Å². The van der Waals surface area contributed by atoms with Crippen LogP contribution in [0.1, 0.15) is 46.4 Å². The third kappa shape index (κ3) is 2.10. The lowest BCUT2D eigenvalue weighted by Gasteiger charge is -2.30. The van der Waals surface area contributed by atoms with E-state index in [0.717, 1.165) is 0 Å². The van der Waals surface area contributed by atoms with Crippen LogP contribution in [0.2, 0.25) is 0 Å². The molecule has 0 saturated heterocycles. The predicted molar refractivity (Wildman–Crippen MR) is 64.0 cm³/mol. The van der Waals surface area contributed by atoms with Gasteiger partial charge in [0.15, 0.2) is 11.4 Å². The van der Waals surface area contributed by atoms with Gasteiger partial charge in [-0.3, -0.25) is 0 Å². The Kier molecular flexibility index (Phi) is 4.05. The molecule has 0 aliphatic rings. The summed E-state index contributed by atoms with van der Waals surface area (Å²) in [5.41, 5.74) is -1.87. The van der Waals surface area contributed by atoms with E-state index in [-0.39, 0.29) is 0 Å². The van der Waals surface area contributed by atoms with E-state index < -0.39 is 17.1 Å². The molecule has 2 unspecified atom stereocenters. The number of ether oxygens (including phenoxy) is 1. The molecule has 102 valence electrons. The quantitative estimate of drug-likeness (QED) is 0.821. The van der Waals surface area contributed by atoms with Gasteiger partial charge in [-0.2, -0.15) is 0 Å². The van der Waals surface area contributed by atoms with Gasteiger partial charge in [-0.1, -0.05) is 13.8 Å². The monoisotopic (exact) mass is 256 g/mol. The van der Waals surface area contributed by atoms with Crippen LogP contribution in [0.5, 0.6) is 0 Å². The van der Waals surface area contributed by atoms with Crippen molar-refractivity contribution in [1.29, 1.82) is 0 Å². The summed E-state index contributed by atoms with van der Waals surface area (Å²) in [5, 5.41) is 20.8. The van der Waals surface area contributed by atoms with Gasteiger partial charge in [0, 0.05) is 7.11 Å². The molecule has 1 N–H and O–H groups in total. The Morgan fingerprint density at radius 3 is 2.39 bits per heavy atom. The van der Waals surface area contributed by atoms with Gasteiger partial charge >= 0.3 is 5.97 Å². The molecule has 1 heterocycles. The fourth-order valence-corrected chi connectivity index (χ4v) is 1.63. The molecule has 1 aromatic rings. The third-order valence-corrected chi connectivity index (χ3v) is 3.68. The first-order valence-corrected chi connectivity index (χ1v) is 5.93. The van der Waals surface area contributed by atoms with E-state index in [1.165, 1.54) is 4.68 Å². The Balaban J connectivity index is 3.37. The smallest absolute Gasteiger partial charge is 0.331 e. The number of methoxy groups -OCH3 is 1. The Hall–Kier alpha value is -1.50. The number of carbonyl (C=O) groups is 1. The minimum absolute atomic E-state index is 0.379. The van der Waals surface area contributed by atoms with E-state index in [2.05, 4.69) is 15.5 Å². The highest BCUT2D eigenvalue weighted by Gasteiger charge is 2.41. The molecule has 7 heteroatoms. The summed E-state index contributed by atoms with van der Waals surface area (Å²) in [6.07, 6.45) is 1.02. The van der Waals surface area contributed by atoms with Crippen LogP contribution in [0.25, 0.3) is 0 Å². The lowest BCUT2D eigenvalue weighted by atomic mass is 9.96. The highest BCUT2D eigenvalue weighted by Crippen LogP contribution is 2.30. The van der Waals surface area contributed by atoms with Crippen molar-refractivity contribution in [2.45, 2.75) is 51.7 Å². The van der Waals surface area contributed by atoms with Crippen LogP contribution in [0, 0.1) is 0 Å². The normalized spacial score (nSPS) is 18.1. The summed E-state index contributed by atoms with van der Waals surface area (Å²) in [7, 11) is 1.56. The Bertz CT molecular complexity index is 428. The Morgan fingerprint density at radius 2 is 2.00 bits per heavy atom. The summed E-state index contributed by atoms with van der Waals surface area (Å²) in [4.78, 5) is 11.4. The fourth-order valence-electron chi connectivity index (χ4n) is 1.63. The molecular weight excluding hydrogens is 236 g/mol. The number of aromatic nitrogens is 4. The molecule has 18 heavy (non-hydrogen) atoms. The first-order valence-electron chi connectivity index (χ1n) is 5.93. The number of nitrogens with zero attached hydrogens (tertiary/aromatic N) is 4. The summed E-state index contributed by atoms with van der Waals surface area (Å²) in [5.74, 6) is -0.535. The van der Waals surface area contributed by atoms with Crippen molar-refractivity contribution in [3.05, 3.63) is 5.82 Å². The molecule has 0 fully saturated rings. The molecule has 0 aliphatic heterocycles. The van der Waals surface area contributed by atoms with Gasteiger partial charge in [0.1, 0.15) is 5.60 Å². The van der Waals surface area contributed by atoms with Gasteiger partial charge in [0.25, 0.3) is 0 Å². The average molecular weight is 256 g/mol. The first-order chi connectivity index (χ1) is 8.35. The molecule has 0 spiro atoms. The summed E-state index contributed by atoms with van der Waals surface area (Å²) in [6, 6.07) is 0. The Morgan fingerprint density at radius 1 is 1.39 bits per heavy atom. The van der Waals surface area contributed by atoms with Crippen LogP contribution in [0.3, 0.4) is 0 Å². The molecule has 0 aliphatic carbocycles. The molecule has 0 amide bonds. The lowest BCUT2D eigenvalue weighted by Crippen LogP contribution is -2.43. The standard InChI is InChI=1S/C11H20N4O3/c1-6-10(3,9(16)17)15-8(12-13-14-15)11(4,7-2)18-5/h6-7H2,1-5H3,(H,16,17). The number of tetrazole rings is 1. The number of rotatable bonds is 6. The predicted octanol–water partition coefficient (Wildman–Crippen LogP) is 1.15. The van der Waals surface area contributed by atoms with Crippen molar-refractivity contribution in [3.63, 3.8) is 0 Å². The van der Waals surface area contributed by atoms with Crippen molar-refractivity contribution in [3.8, 4) is 0 Å². The van der Waals surface area contributed by atoms with Crippen molar-refractivity contribution in [1.82, 2.24) is 20.2 Å². The fraction of sp³-hybridized carbons (Fsp3) is 0.818. The van der Waals surface area contributed by atoms with Crippen molar-refractivity contribution in [2.24, 2.45) is 0 Å². The van der Waals surface area contributed by atoms with E-state index in [4.69, 9.17) is 4.74 Å². The van der Waals surface area contributed by atoms with Crippen LogP contribution >= 0.6 is 0 Å². The van der Waals surface area contributed by atoms with Crippen molar-refractivity contribution in [2.75, 3.05) is 7.11 Å². The second-order valence-electron chi connectivity index (χ2n) is 4.64. The van der Waals surface area contributed by atoms with E-state index in [1.807, 2.05) is 13.8 Å². The minimum atomic E-state index is -1.17. The molecule has 0 saturated carbocycles. The maximum Gasteiger partial charge on any atom is 0.331 e. The number of hydrogen-bond donors (Lipinski definition) is 1. The van der Waals surface area contributed by atoms with Gasteiger partial charge < -0.3 is 9.84 Å². The zero-order chi connectivity index (χ0) is 14.0. The summed E-state index contributed by atoms with van der Waals surface area (Å²) >= 11 is 0.